The minimum atomic E-state index is 0.207. The summed E-state index contributed by atoms with van der Waals surface area (Å²) in [6.07, 6.45) is 2.95. The fourth-order valence-corrected chi connectivity index (χ4v) is 2.46. The average molecular weight is 316 g/mol. The molecule has 0 fully saturated rings. The van der Waals surface area contributed by atoms with Crippen molar-refractivity contribution in [3.63, 3.8) is 0 Å². The van der Waals surface area contributed by atoms with Crippen LogP contribution in [0.1, 0.15) is 24.9 Å². The van der Waals surface area contributed by atoms with Gasteiger partial charge in [-0.1, -0.05) is 36.7 Å². The Bertz CT molecular complexity index is 592. The third kappa shape index (κ3) is 4.54. The van der Waals surface area contributed by atoms with Gasteiger partial charge in [0.05, 0.1) is 13.2 Å². The number of rotatable bonds is 7. The quantitative estimate of drug-likeness (QED) is 0.660. The number of benzene rings is 2. The second-order valence-electron chi connectivity index (χ2n) is 5.43. The topological polar surface area (TPSA) is 21.3 Å². The van der Waals surface area contributed by atoms with Crippen molar-refractivity contribution in [2.45, 2.75) is 19.4 Å². The van der Waals surface area contributed by atoms with E-state index in [0.717, 1.165) is 22.9 Å². The first-order valence-electron chi connectivity index (χ1n) is 7.41. The highest BCUT2D eigenvalue weighted by atomic mass is 35.5. The van der Waals surface area contributed by atoms with E-state index in [2.05, 4.69) is 31.0 Å². The molecule has 2 atom stereocenters. The van der Waals surface area contributed by atoms with Crippen LogP contribution in [0.5, 0.6) is 5.75 Å². The Morgan fingerprint density at radius 3 is 2.32 bits per heavy atom. The van der Waals surface area contributed by atoms with Crippen molar-refractivity contribution in [2.75, 3.05) is 12.4 Å². The largest absolute Gasteiger partial charge is 0.497 e. The van der Waals surface area contributed by atoms with Gasteiger partial charge in [0.25, 0.3) is 0 Å². The van der Waals surface area contributed by atoms with Crippen LogP contribution in [0, 0.1) is 5.92 Å². The number of hydrogen-bond donors (Lipinski definition) is 1. The predicted octanol–water partition coefficient (Wildman–Crippen LogP) is 5.71. The van der Waals surface area contributed by atoms with Gasteiger partial charge in [-0.05, 0) is 54.3 Å². The third-order valence-corrected chi connectivity index (χ3v) is 3.97. The van der Waals surface area contributed by atoms with Crippen LogP contribution < -0.4 is 10.1 Å². The maximum Gasteiger partial charge on any atom is 0.119 e. The van der Waals surface area contributed by atoms with E-state index >= 15 is 0 Å². The zero-order valence-corrected chi connectivity index (χ0v) is 13.8. The first-order valence-corrected chi connectivity index (χ1v) is 7.78. The predicted molar refractivity (Wildman–Crippen MR) is 94.8 cm³/mol. The molecular weight excluding hydrogens is 294 g/mol. The van der Waals surface area contributed by atoms with Crippen molar-refractivity contribution in [3.05, 3.63) is 71.8 Å². The van der Waals surface area contributed by atoms with E-state index in [1.165, 1.54) is 5.56 Å². The average Bonchev–Trinajstić information content (AvgIpc) is 2.55. The van der Waals surface area contributed by atoms with Gasteiger partial charge in [0.2, 0.25) is 0 Å². The highest BCUT2D eigenvalue weighted by Gasteiger charge is 2.14. The molecule has 0 aliphatic carbocycles. The Balaban J connectivity index is 2.19. The SMILES string of the molecule is C=C[C@@H](C)C[C@@H](Nc1ccc(OC)cc1)c1ccc(Cl)cc1. The van der Waals surface area contributed by atoms with Gasteiger partial charge in [-0.25, -0.2) is 0 Å². The van der Waals surface area contributed by atoms with E-state index in [9.17, 15) is 0 Å². The lowest BCUT2D eigenvalue weighted by Crippen LogP contribution is -2.13. The van der Waals surface area contributed by atoms with Gasteiger partial charge >= 0.3 is 0 Å². The van der Waals surface area contributed by atoms with Gasteiger partial charge in [0, 0.05) is 10.7 Å². The zero-order chi connectivity index (χ0) is 15.9. The molecule has 0 heterocycles. The Morgan fingerprint density at radius 2 is 1.77 bits per heavy atom. The molecule has 3 heteroatoms. The normalized spacial score (nSPS) is 13.2. The molecule has 2 nitrogen and oxygen atoms in total. The summed E-state index contributed by atoms with van der Waals surface area (Å²) in [4.78, 5) is 0. The molecule has 0 aromatic heterocycles. The van der Waals surface area contributed by atoms with Crippen molar-refractivity contribution in [2.24, 2.45) is 5.92 Å². The fraction of sp³-hybridized carbons (Fsp3) is 0.263. The first kappa shape index (κ1) is 16.4. The second kappa shape index (κ2) is 7.90. The summed E-state index contributed by atoms with van der Waals surface area (Å²) in [5.41, 5.74) is 2.28. The van der Waals surface area contributed by atoms with E-state index in [-0.39, 0.29) is 6.04 Å². The van der Waals surface area contributed by atoms with Gasteiger partial charge < -0.3 is 10.1 Å². The third-order valence-electron chi connectivity index (χ3n) is 3.71. The van der Waals surface area contributed by atoms with Crippen LogP contribution in [0.25, 0.3) is 0 Å². The monoisotopic (exact) mass is 315 g/mol. The number of anilines is 1. The van der Waals surface area contributed by atoms with E-state index in [1.54, 1.807) is 7.11 Å². The molecule has 0 spiro atoms. The number of hydrogen-bond acceptors (Lipinski definition) is 2. The number of nitrogens with one attached hydrogen (secondary N) is 1. The van der Waals surface area contributed by atoms with Crippen molar-refractivity contribution in [3.8, 4) is 5.75 Å². The summed E-state index contributed by atoms with van der Waals surface area (Å²) in [5, 5.41) is 4.34. The standard InChI is InChI=1S/C19H22ClNO/c1-4-14(2)13-19(15-5-7-16(20)8-6-15)21-17-9-11-18(22-3)12-10-17/h4-12,14,19,21H,1,13H2,2-3H3/t14-,19-/m1/s1. The summed E-state index contributed by atoms with van der Waals surface area (Å²) in [7, 11) is 1.67. The minimum absolute atomic E-state index is 0.207. The van der Waals surface area contributed by atoms with Gasteiger partial charge in [-0.2, -0.15) is 0 Å². The van der Waals surface area contributed by atoms with Crippen molar-refractivity contribution in [1.29, 1.82) is 0 Å². The molecule has 2 rings (SSSR count). The minimum Gasteiger partial charge on any atom is -0.497 e. The van der Waals surface area contributed by atoms with E-state index in [1.807, 2.05) is 42.5 Å². The maximum absolute atomic E-state index is 5.99. The van der Waals surface area contributed by atoms with Crippen LogP contribution in [0.2, 0.25) is 5.02 Å². The molecule has 1 N–H and O–H groups in total. The van der Waals surface area contributed by atoms with Crippen LogP contribution in [-0.4, -0.2) is 7.11 Å². The second-order valence-corrected chi connectivity index (χ2v) is 5.86. The Kier molecular flexibility index (Phi) is 5.91. The summed E-state index contributed by atoms with van der Waals surface area (Å²) in [6, 6.07) is 16.2. The summed E-state index contributed by atoms with van der Waals surface area (Å²) >= 11 is 5.99. The van der Waals surface area contributed by atoms with Crippen LogP contribution in [0.3, 0.4) is 0 Å². The lowest BCUT2D eigenvalue weighted by molar-refractivity contribution is 0.415. The lowest BCUT2D eigenvalue weighted by atomic mass is 9.95. The molecule has 116 valence electrons. The van der Waals surface area contributed by atoms with Crippen LogP contribution in [0.4, 0.5) is 5.69 Å². The smallest absolute Gasteiger partial charge is 0.119 e. The van der Waals surface area contributed by atoms with Gasteiger partial charge in [-0.3, -0.25) is 0 Å². The molecule has 0 aliphatic heterocycles. The molecule has 22 heavy (non-hydrogen) atoms. The molecule has 0 aliphatic rings. The van der Waals surface area contributed by atoms with Crippen LogP contribution in [0.15, 0.2) is 61.2 Å². The molecule has 0 saturated heterocycles. The van der Waals surface area contributed by atoms with Gasteiger partial charge in [0.1, 0.15) is 5.75 Å². The molecular formula is C19H22ClNO. The maximum atomic E-state index is 5.99. The number of ether oxygens (including phenoxy) is 1. The molecule has 0 saturated carbocycles. The summed E-state index contributed by atoms with van der Waals surface area (Å²) < 4.78 is 5.20. The molecule has 2 aromatic rings. The molecule has 2 aromatic carbocycles. The number of allylic oxidation sites excluding steroid dienone is 1. The Hall–Kier alpha value is -1.93. The lowest BCUT2D eigenvalue weighted by Gasteiger charge is -2.23. The molecule has 0 radical (unpaired) electrons. The van der Waals surface area contributed by atoms with E-state index in [0.29, 0.717) is 5.92 Å². The fourth-order valence-electron chi connectivity index (χ4n) is 2.33. The number of halogens is 1. The number of methoxy groups -OCH3 is 1. The van der Waals surface area contributed by atoms with Gasteiger partial charge in [0.15, 0.2) is 0 Å². The van der Waals surface area contributed by atoms with Crippen molar-refractivity contribution in [1.82, 2.24) is 0 Å². The zero-order valence-electron chi connectivity index (χ0n) is 13.1. The van der Waals surface area contributed by atoms with Crippen LogP contribution in [-0.2, 0) is 0 Å². The molecule has 0 amide bonds. The van der Waals surface area contributed by atoms with E-state index in [4.69, 9.17) is 16.3 Å². The van der Waals surface area contributed by atoms with Crippen molar-refractivity contribution >= 4 is 17.3 Å². The van der Waals surface area contributed by atoms with Gasteiger partial charge in [-0.15, -0.1) is 6.58 Å². The van der Waals surface area contributed by atoms with E-state index < -0.39 is 0 Å². The Morgan fingerprint density at radius 1 is 1.14 bits per heavy atom. The summed E-state index contributed by atoms with van der Waals surface area (Å²) in [5.74, 6) is 1.28. The Labute approximate surface area is 137 Å². The highest BCUT2D eigenvalue weighted by molar-refractivity contribution is 6.30. The summed E-state index contributed by atoms with van der Waals surface area (Å²) in [6.45, 7) is 6.06. The van der Waals surface area contributed by atoms with Crippen LogP contribution >= 0.6 is 11.6 Å². The molecule has 0 unspecified atom stereocenters. The van der Waals surface area contributed by atoms with Crippen molar-refractivity contribution < 1.29 is 4.74 Å². The first-order chi connectivity index (χ1) is 10.6. The molecule has 0 bridgehead atoms. The highest BCUT2D eigenvalue weighted by Crippen LogP contribution is 2.28.